The van der Waals surface area contributed by atoms with Gasteiger partial charge in [-0.2, -0.15) is 0 Å². The third-order valence-electron chi connectivity index (χ3n) is 4.41. The molecule has 0 amide bonds. The first kappa shape index (κ1) is 8.98. The maximum atomic E-state index is 11.7. The highest BCUT2D eigenvalue weighted by Crippen LogP contribution is 2.64. The molecule has 0 bridgehead atoms. The van der Waals surface area contributed by atoms with Gasteiger partial charge in [-0.05, 0) is 24.7 Å². The van der Waals surface area contributed by atoms with Crippen molar-refractivity contribution in [3.63, 3.8) is 0 Å². The molecule has 13 heavy (non-hydrogen) atoms. The smallest absolute Gasteiger partial charge is 0.143 e. The van der Waals surface area contributed by atoms with E-state index in [1.54, 1.807) is 0 Å². The van der Waals surface area contributed by atoms with Crippen LogP contribution in [-0.4, -0.2) is 5.78 Å². The van der Waals surface area contributed by atoms with Crippen LogP contribution in [0, 0.1) is 10.8 Å². The lowest BCUT2D eigenvalue weighted by Gasteiger charge is -2.55. The summed E-state index contributed by atoms with van der Waals surface area (Å²) in [5, 5.41) is 0. The molecular formula is C12H18O. The van der Waals surface area contributed by atoms with Crippen molar-refractivity contribution in [2.24, 2.45) is 10.8 Å². The average Bonchev–Trinajstić information content (AvgIpc) is 2.58. The van der Waals surface area contributed by atoms with E-state index in [1.165, 1.54) is 25.7 Å². The van der Waals surface area contributed by atoms with E-state index in [9.17, 15) is 4.79 Å². The molecule has 2 saturated carbocycles. The lowest BCUT2D eigenvalue weighted by Crippen LogP contribution is -2.56. The molecule has 0 aromatic rings. The first-order valence-electron chi connectivity index (χ1n) is 5.38. The first-order chi connectivity index (χ1) is 6.21. The maximum Gasteiger partial charge on any atom is 0.143 e. The Labute approximate surface area is 80.2 Å². The second-order valence-corrected chi connectivity index (χ2v) is 4.62. The fraction of sp³-hybridized carbons (Fsp3) is 0.750. The average molecular weight is 178 g/mol. The molecule has 2 aliphatic carbocycles. The van der Waals surface area contributed by atoms with Gasteiger partial charge in [-0.3, -0.25) is 4.79 Å². The van der Waals surface area contributed by atoms with Crippen molar-refractivity contribution >= 4 is 5.78 Å². The molecule has 0 aromatic carbocycles. The zero-order valence-corrected chi connectivity index (χ0v) is 8.44. The van der Waals surface area contributed by atoms with Crippen molar-refractivity contribution in [1.29, 1.82) is 0 Å². The Kier molecular flexibility index (Phi) is 1.86. The highest BCUT2D eigenvalue weighted by atomic mass is 16.1. The highest BCUT2D eigenvalue weighted by Gasteiger charge is 2.62. The number of rotatable bonds is 2. The van der Waals surface area contributed by atoms with Gasteiger partial charge in [0.05, 0.1) is 5.41 Å². The minimum Gasteiger partial charge on any atom is -0.299 e. The lowest BCUT2D eigenvalue weighted by molar-refractivity contribution is -0.153. The molecule has 0 saturated heterocycles. The summed E-state index contributed by atoms with van der Waals surface area (Å²) in [6.07, 6.45) is 8.83. The summed E-state index contributed by atoms with van der Waals surface area (Å²) in [6, 6.07) is 0. The van der Waals surface area contributed by atoms with Crippen LogP contribution >= 0.6 is 0 Å². The fourth-order valence-electron chi connectivity index (χ4n) is 3.53. The van der Waals surface area contributed by atoms with Gasteiger partial charge in [0.1, 0.15) is 5.78 Å². The van der Waals surface area contributed by atoms with Crippen LogP contribution in [0.5, 0.6) is 0 Å². The summed E-state index contributed by atoms with van der Waals surface area (Å²) in [6.45, 7) is 6.00. The number of ketones is 1. The molecule has 0 heterocycles. The molecule has 0 aromatic heterocycles. The van der Waals surface area contributed by atoms with Gasteiger partial charge in [0.25, 0.3) is 0 Å². The molecular weight excluding hydrogens is 160 g/mol. The number of hydrogen-bond donors (Lipinski definition) is 0. The Morgan fingerprint density at radius 2 is 2.08 bits per heavy atom. The number of allylic oxidation sites excluding steroid dienone is 1. The van der Waals surface area contributed by atoms with Gasteiger partial charge in [-0.1, -0.05) is 25.8 Å². The molecule has 0 radical (unpaired) electrons. The topological polar surface area (TPSA) is 17.1 Å². The molecule has 1 heteroatoms. The van der Waals surface area contributed by atoms with Crippen molar-refractivity contribution in [3.8, 4) is 0 Å². The van der Waals surface area contributed by atoms with Crippen LogP contribution in [-0.2, 0) is 4.79 Å². The van der Waals surface area contributed by atoms with E-state index in [-0.39, 0.29) is 5.41 Å². The van der Waals surface area contributed by atoms with Crippen molar-refractivity contribution in [2.75, 3.05) is 0 Å². The number of carbonyl (C=O) groups excluding carboxylic acids is 1. The zero-order chi connectivity index (χ0) is 9.53. The van der Waals surface area contributed by atoms with Gasteiger partial charge in [0, 0.05) is 6.42 Å². The Morgan fingerprint density at radius 3 is 2.46 bits per heavy atom. The Balaban J connectivity index is 2.32. The van der Waals surface area contributed by atoms with Crippen molar-refractivity contribution < 1.29 is 4.79 Å². The van der Waals surface area contributed by atoms with Gasteiger partial charge in [-0.15, -0.1) is 6.58 Å². The minimum absolute atomic E-state index is 0.135. The molecule has 2 aliphatic rings. The molecule has 2 fully saturated rings. The fourth-order valence-corrected chi connectivity index (χ4v) is 3.53. The number of carbonyl (C=O) groups is 1. The van der Waals surface area contributed by atoms with Gasteiger partial charge < -0.3 is 0 Å². The second-order valence-electron chi connectivity index (χ2n) is 4.62. The lowest BCUT2D eigenvalue weighted by atomic mass is 9.46. The molecule has 0 N–H and O–H groups in total. The standard InChI is InChI=1S/C12H18O/c1-3-12(4-2)10(13)9-11(12)7-5-6-8-11/h3H,1,4-9H2,2H3/t12-/m0/s1. The van der Waals surface area contributed by atoms with Crippen molar-refractivity contribution in [3.05, 3.63) is 12.7 Å². The Morgan fingerprint density at radius 1 is 1.46 bits per heavy atom. The molecule has 0 unspecified atom stereocenters. The summed E-state index contributed by atoms with van der Waals surface area (Å²) in [5.41, 5.74) is 0.198. The molecule has 1 atom stereocenters. The zero-order valence-electron chi connectivity index (χ0n) is 8.44. The summed E-state index contributed by atoms with van der Waals surface area (Å²) in [4.78, 5) is 11.7. The largest absolute Gasteiger partial charge is 0.299 e. The second kappa shape index (κ2) is 2.70. The van der Waals surface area contributed by atoms with Gasteiger partial charge in [0.15, 0.2) is 0 Å². The molecule has 72 valence electrons. The van der Waals surface area contributed by atoms with Crippen LogP contribution in [0.15, 0.2) is 12.7 Å². The Bertz CT molecular complexity index is 248. The van der Waals surface area contributed by atoms with Gasteiger partial charge in [-0.25, -0.2) is 0 Å². The summed E-state index contributed by atoms with van der Waals surface area (Å²) < 4.78 is 0. The van der Waals surface area contributed by atoms with E-state index in [2.05, 4.69) is 13.5 Å². The van der Waals surface area contributed by atoms with E-state index in [1.807, 2.05) is 6.08 Å². The van der Waals surface area contributed by atoms with E-state index >= 15 is 0 Å². The van der Waals surface area contributed by atoms with E-state index in [0.717, 1.165) is 12.8 Å². The molecule has 1 nitrogen and oxygen atoms in total. The highest BCUT2D eigenvalue weighted by molar-refractivity contribution is 5.95. The number of Topliss-reactive ketones (excluding diaryl/α,β-unsaturated/α-hetero) is 1. The number of hydrogen-bond acceptors (Lipinski definition) is 1. The van der Waals surface area contributed by atoms with Crippen LogP contribution in [0.4, 0.5) is 0 Å². The predicted molar refractivity (Wildman–Crippen MR) is 53.4 cm³/mol. The van der Waals surface area contributed by atoms with Crippen molar-refractivity contribution in [1.82, 2.24) is 0 Å². The molecule has 2 rings (SSSR count). The normalized spacial score (nSPS) is 36.2. The van der Waals surface area contributed by atoms with Crippen LogP contribution in [0.1, 0.15) is 45.4 Å². The third kappa shape index (κ3) is 0.853. The molecule has 1 spiro atoms. The Hall–Kier alpha value is -0.590. The quantitative estimate of drug-likeness (QED) is 0.594. The maximum absolute atomic E-state index is 11.7. The summed E-state index contributed by atoms with van der Waals surface area (Å²) in [5.74, 6) is 0.437. The summed E-state index contributed by atoms with van der Waals surface area (Å²) >= 11 is 0. The van der Waals surface area contributed by atoms with E-state index in [0.29, 0.717) is 11.2 Å². The van der Waals surface area contributed by atoms with E-state index in [4.69, 9.17) is 0 Å². The SMILES string of the molecule is C=C[C@]1(CC)C(=O)CC12CCCC2. The van der Waals surface area contributed by atoms with Gasteiger partial charge >= 0.3 is 0 Å². The van der Waals surface area contributed by atoms with Crippen LogP contribution in [0.25, 0.3) is 0 Å². The van der Waals surface area contributed by atoms with Crippen molar-refractivity contribution in [2.45, 2.75) is 45.4 Å². The monoisotopic (exact) mass is 178 g/mol. The first-order valence-corrected chi connectivity index (χ1v) is 5.38. The van der Waals surface area contributed by atoms with Crippen LogP contribution < -0.4 is 0 Å². The van der Waals surface area contributed by atoms with E-state index < -0.39 is 0 Å². The summed E-state index contributed by atoms with van der Waals surface area (Å²) in [7, 11) is 0. The predicted octanol–water partition coefficient (Wildman–Crippen LogP) is 3.10. The van der Waals surface area contributed by atoms with Crippen LogP contribution in [0.2, 0.25) is 0 Å². The third-order valence-corrected chi connectivity index (χ3v) is 4.41. The van der Waals surface area contributed by atoms with Gasteiger partial charge in [0.2, 0.25) is 0 Å². The van der Waals surface area contributed by atoms with Crippen LogP contribution in [0.3, 0.4) is 0 Å². The molecule has 0 aliphatic heterocycles. The minimum atomic E-state index is -0.135.